The summed E-state index contributed by atoms with van der Waals surface area (Å²) in [5.74, 6) is -0.437. The molecule has 0 unspecified atom stereocenters. The van der Waals surface area contributed by atoms with Crippen LogP contribution in [0.25, 0.3) is 21.8 Å². The molecule has 0 aliphatic rings. The molecule has 5 aromatic carbocycles. The summed E-state index contributed by atoms with van der Waals surface area (Å²) in [6, 6.07) is 37.3. The Kier molecular flexibility index (Phi) is 10.4. The molecule has 0 saturated carbocycles. The number of H-pyrrole nitrogens is 2. The highest BCUT2D eigenvalue weighted by molar-refractivity contribution is 7.89. The van der Waals surface area contributed by atoms with Crippen molar-refractivity contribution in [3.63, 3.8) is 0 Å². The summed E-state index contributed by atoms with van der Waals surface area (Å²) >= 11 is 12.0. The number of nitrogens with zero attached hydrogens (tertiary/aromatic N) is 1. The quantitative estimate of drug-likeness (QED) is 0.0935. The van der Waals surface area contributed by atoms with Crippen LogP contribution in [0.3, 0.4) is 0 Å². The lowest BCUT2D eigenvalue weighted by Crippen LogP contribution is -2.26. The highest BCUT2D eigenvalue weighted by Gasteiger charge is 2.29. The molecule has 0 radical (unpaired) electrons. The molecule has 53 heavy (non-hydrogen) atoms. The van der Waals surface area contributed by atoms with E-state index in [0.717, 1.165) is 49.9 Å². The number of benzene rings is 5. The average molecular weight is 783 g/mol. The number of aromatic amines is 2. The largest absolute Gasteiger partial charge is 0.357 e. The molecule has 4 N–H and O–H groups in total. The molecule has 7 aromatic rings. The van der Waals surface area contributed by atoms with Crippen molar-refractivity contribution in [1.29, 1.82) is 5.26 Å². The molecule has 0 saturated heterocycles. The van der Waals surface area contributed by atoms with Gasteiger partial charge in [-0.3, -0.25) is 0 Å². The van der Waals surface area contributed by atoms with Crippen molar-refractivity contribution in [2.45, 2.75) is 28.6 Å². The zero-order chi connectivity index (χ0) is 37.2. The first-order valence-corrected chi connectivity index (χ1v) is 20.5. The van der Waals surface area contributed by atoms with Crippen LogP contribution in [0, 0.1) is 11.3 Å². The molecule has 0 spiro atoms. The van der Waals surface area contributed by atoms with E-state index in [9.17, 15) is 22.1 Å². The summed E-state index contributed by atoms with van der Waals surface area (Å²) in [5.41, 5.74) is 6.67. The molecule has 0 amide bonds. The van der Waals surface area contributed by atoms with Gasteiger partial charge in [0, 0.05) is 56.3 Å². The lowest BCUT2D eigenvalue weighted by atomic mass is 9.86. The highest BCUT2D eigenvalue weighted by atomic mass is 35.5. The number of fused-ring (bicyclic) bond motifs is 2. The minimum atomic E-state index is -3.82. The van der Waals surface area contributed by atoms with E-state index < -0.39 is 26.0 Å². The normalized spacial score (nSPS) is 12.1. The molecule has 13 heteroatoms. The summed E-state index contributed by atoms with van der Waals surface area (Å²) in [4.78, 5) is 7.54. The molecular weight excluding hydrogens is 750 g/mol. The smallest absolute Gasteiger partial charge is 0.240 e. The van der Waals surface area contributed by atoms with E-state index in [0.29, 0.717) is 28.5 Å². The van der Waals surface area contributed by atoms with E-state index in [-0.39, 0.29) is 22.9 Å². The van der Waals surface area contributed by atoms with E-state index >= 15 is 0 Å². The number of rotatable bonds is 13. The predicted octanol–water partition coefficient (Wildman–Crippen LogP) is 8.05. The van der Waals surface area contributed by atoms with E-state index in [1.54, 1.807) is 12.1 Å². The fourth-order valence-corrected chi connectivity index (χ4v) is 9.03. The Morgan fingerprint density at radius 2 is 1.00 bits per heavy atom. The maximum Gasteiger partial charge on any atom is 0.240 e. The average Bonchev–Trinajstić information content (AvgIpc) is 3.70. The predicted molar refractivity (Wildman–Crippen MR) is 209 cm³/mol. The maximum atomic E-state index is 13.2. The zero-order valence-corrected chi connectivity index (χ0v) is 31.3. The van der Waals surface area contributed by atoms with Gasteiger partial charge in [-0.1, -0.05) is 71.7 Å². The van der Waals surface area contributed by atoms with Crippen LogP contribution < -0.4 is 9.44 Å². The van der Waals surface area contributed by atoms with Gasteiger partial charge in [0.25, 0.3) is 0 Å². The molecule has 2 aromatic heterocycles. The molecule has 2 heterocycles. The zero-order valence-electron chi connectivity index (χ0n) is 28.1. The number of sulfonamides is 2. The second-order valence-electron chi connectivity index (χ2n) is 12.5. The molecule has 0 fully saturated rings. The maximum absolute atomic E-state index is 13.2. The fourth-order valence-electron chi connectivity index (χ4n) is 6.72. The van der Waals surface area contributed by atoms with E-state index in [1.807, 2.05) is 60.7 Å². The Morgan fingerprint density at radius 1 is 0.585 bits per heavy atom. The number of aromatic nitrogens is 2. The highest BCUT2D eigenvalue weighted by Crippen LogP contribution is 2.40. The lowest BCUT2D eigenvalue weighted by Gasteiger charge is -2.21. The second-order valence-corrected chi connectivity index (χ2v) is 16.9. The van der Waals surface area contributed by atoms with Crippen LogP contribution in [0.4, 0.5) is 0 Å². The minimum absolute atomic E-state index is 0.117. The molecular formula is C40H33Cl2N5O4S2. The Bertz CT molecular complexity index is 2530. The first-order valence-electron chi connectivity index (χ1n) is 16.7. The van der Waals surface area contributed by atoms with Gasteiger partial charge in [-0.2, -0.15) is 5.26 Å². The van der Waals surface area contributed by atoms with Crippen LogP contribution in [0.2, 0.25) is 10.0 Å². The van der Waals surface area contributed by atoms with Crippen molar-refractivity contribution >= 4 is 65.1 Å². The van der Waals surface area contributed by atoms with Gasteiger partial charge < -0.3 is 9.97 Å². The van der Waals surface area contributed by atoms with Crippen molar-refractivity contribution in [2.75, 3.05) is 13.1 Å². The Labute approximate surface area is 317 Å². The molecule has 268 valence electrons. The third kappa shape index (κ3) is 7.75. The molecule has 0 aliphatic carbocycles. The molecule has 9 nitrogen and oxygen atoms in total. The number of hydrogen-bond acceptors (Lipinski definition) is 5. The topological polar surface area (TPSA) is 148 Å². The summed E-state index contributed by atoms with van der Waals surface area (Å²) in [6.07, 6.45) is 0.713. The molecule has 0 atom stereocenters. The lowest BCUT2D eigenvalue weighted by molar-refractivity contribution is 0.580. The fraction of sp³-hybridized carbons (Fsp3) is 0.125. The molecule has 7 rings (SSSR count). The van der Waals surface area contributed by atoms with Gasteiger partial charge in [-0.05, 0) is 102 Å². The summed E-state index contributed by atoms with van der Waals surface area (Å²) < 4.78 is 58.4. The van der Waals surface area contributed by atoms with E-state index in [2.05, 4.69) is 25.5 Å². The number of nitrogens with one attached hydrogen (secondary N) is 4. The van der Waals surface area contributed by atoms with E-state index in [4.69, 9.17) is 23.2 Å². The number of nitriles is 1. The van der Waals surface area contributed by atoms with Crippen LogP contribution in [0.1, 0.15) is 39.6 Å². The third-order valence-corrected chi connectivity index (χ3v) is 12.7. The van der Waals surface area contributed by atoms with Gasteiger partial charge in [0.2, 0.25) is 20.0 Å². The SMILES string of the molecule is N#Cc1ccc(C(c2[nH]c3ccccc3c2CCNS(=O)(=O)c2ccc(Cl)cc2)c2[nH]c3ccccc3c2CCNS(=O)(=O)c2ccc(Cl)cc2)cc1. The van der Waals surface area contributed by atoms with Gasteiger partial charge in [0.15, 0.2) is 0 Å². The van der Waals surface area contributed by atoms with Crippen molar-refractivity contribution in [3.05, 3.63) is 165 Å². The van der Waals surface area contributed by atoms with Crippen molar-refractivity contribution in [2.24, 2.45) is 0 Å². The van der Waals surface area contributed by atoms with Crippen LogP contribution in [-0.2, 0) is 32.9 Å². The monoisotopic (exact) mass is 781 g/mol. The minimum Gasteiger partial charge on any atom is -0.357 e. The second kappa shape index (κ2) is 15.2. The van der Waals surface area contributed by atoms with Crippen molar-refractivity contribution in [1.82, 2.24) is 19.4 Å². The van der Waals surface area contributed by atoms with E-state index in [1.165, 1.54) is 48.5 Å². The van der Waals surface area contributed by atoms with Crippen LogP contribution in [0.15, 0.2) is 131 Å². The van der Waals surface area contributed by atoms with Gasteiger partial charge >= 0.3 is 0 Å². The standard InChI is InChI=1S/C40H33Cl2N5O4S2/c41-28-13-17-30(18-14-28)52(48,49)44-23-21-34-32-5-1-3-7-36(32)46-39(34)38(27-11-9-26(25-43)10-12-27)40-35(33-6-2-4-8-37(33)47-40)22-24-45-53(50,51)31-19-15-29(42)16-20-31/h1-20,38,44-47H,21-24H2. The Morgan fingerprint density at radius 3 is 1.42 bits per heavy atom. The third-order valence-electron chi connectivity index (χ3n) is 9.23. The Balaban J connectivity index is 1.30. The summed E-state index contributed by atoms with van der Waals surface area (Å²) in [7, 11) is -7.63. The van der Waals surface area contributed by atoms with Gasteiger partial charge in [-0.25, -0.2) is 26.3 Å². The number of halogens is 2. The summed E-state index contributed by atoms with van der Waals surface area (Å²) in [6.45, 7) is 0.234. The number of hydrogen-bond donors (Lipinski definition) is 4. The van der Waals surface area contributed by atoms with Crippen molar-refractivity contribution < 1.29 is 16.8 Å². The van der Waals surface area contributed by atoms with Gasteiger partial charge in [0.05, 0.1) is 27.3 Å². The van der Waals surface area contributed by atoms with Crippen LogP contribution in [-0.4, -0.2) is 39.9 Å². The molecule has 0 aliphatic heterocycles. The van der Waals surface area contributed by atoms with Crippen LogP contribution >= 0.6 is 23.2 Å². The first kappa shape index (κ1) is 36.4. The van der Waals surface area contributed by atoms with Crippen LogP contribution in [0.5, 0.6) is 0 Å². The summed E-state index contributed by atoms with van der Waals surface area (Å²) in [5, 5.41) is 12.4. The number of para-hydroxylation sites is 2. The first-order chi connectivity index (χ1) is 25.5. The molecule has 0 bridgehead atoms. The van der Waals surface area contributed by atoms with Gasteiger partial charge in [-0.15, -0.1) is 0 Å². The van der Waals surface area contributed by atoms with Crippen molar-refractivity contribution in [3.8, 4) is 6.07 Å². The Hall–Kier alpha value is -4.93. The van der Waals surface area contributed by atoms with Gasteiger partial charge in [0.1, 0.15) is 0 Å².